The first kappa shape index (κ1) is 14.9. The van der Waals surface area contributed by atoms with Crippen molar-refractivity contribution in [3.8, 4) is 0 Å². The summed E-state index contributed by atoms with van der Waals surface area (Å²) in [5.41, 5.74) is 6.93. The number of nitrogens with zero attached hydrogens (tertiary/aromatic N) is 1. The number of hydrogen-bond acceptors (Lipinski definition) is 6. The number of nitro groups is 1. The standard InChI is InChI=1S/C14H18N4O4/c19-14(12-5-2-6-22-12)15-13-8-11(16-17-13)9-3-1-4-10(7-9)18(20)21/h1,3-4,7,11-13,16-17H,2,5-6,8H2,(H,15,19). The van der Waals surface area contributed by atoms with E-state index in [1.807, 2.05) is 6.07 Å². The lowest BCUT2D eigenvalue weighted by atomic mass is 10.0. The van der Waals surface area contributed by atoms with Gasteiger partial charge < -0.3 is 10.1 Å². The maximum Gasteiger partial charge on any atom is 0.269 e. The van der Waals surface area contributed by atoms with E-state index in [0.717, 1.165) is 18.4 Å². The van der Waals surface area contributed by atoms with Crippen molar-refractivity contribution in [2.75, 3.05) is 6.61 Å². The Morgan fingerprint density at radius 2 is 2.27 bits per heavy atom. The van der Waals surface area contributed by atoms with Crippen LogP contribution in [-0.2, 0) is 9.53 Å². The smallest absolute Gasteiger partial charge is 0.269 e. The average Bonchev–Trinajstić information content (AvgIpc) is 3.19. The van der Waals surface area contributed by atoms with Crippen LogP contribution in [0.3, 0.4) is 0 Å². The van der Waals surface area contributed by atoms with Gasteiger partial charge in [0.1, 0.15) is 6.10 Å². The summed E-state index contributed by atoms with van der Waals surface area (Å²) in [6.07, 6.45) is 1.68. The minimum absolute atomic E-state index is 0.0612. The monoisotopic (exact) mass is 306 g/mol. The number of benzene rings is 1. The second kappa shape index (κ2) is 6.39. The molecule has 0 radical (unpaired) electrons. The lowest BCUT2D eigenvalue weighted by molar-refractivity contribution is -0.384. The summed E-state index contributed by atoms with van der Waals surface area (Å²) in [7, 11) is 0. The summed E-state index contributed by atoms with van der Waals surface area (Å²) < 4.78 is 5.34. The molecule has 2 aliphatic heterocycles. The fourth-order valence-electron chi connectivity index (χ4n) is 2.77. The molecule has 3 unspecified atom stereocenters. The number of nitrogens with one attached hydrogen (secondary N) is 3. The minimum Gasteiger partial charge on any atom is -0.368 e. The zero-order valence-electron chi connectivity index (χ0n) is 12.0. The van der Waals surface area contributed by atoms with Gasteiger partial charge in [0.05, 0.1) is 11.1 Å². The van der Waals surface area contributed by atoms with Crippen LogP contribution in [0.2, 0.25) is 0 Å². The number of amides is 1. The maximum absolute atomic E-state index is 12.0. The second-order valence-corrected chi connectivity index (χ2v) is 5.49. The topological polar surface area (TPSA) is 106 Å². The number of hydrogen-bond donors (Lipinski definition) is 3. The van der Waals surface area contributed by atoms with Crippen LogP contribution in [0.4, 0.5) is 5.69 Å². The van der Waals surface area contributed by atoms with Crippen LogP contribution < -0.4 is 16.2 Å². The molecule has 2 aliphatic rings. The van der Waals surface area contributed by atoms with Crippen molar-refractivity contribution < 1.29 is 14.5 Å². The molecule has 3 N–H and O–H groups in total. The molecule has 118 valence electrons. The summed E-state index contributed by atoms with van der Waals surface area (Å²) in [6, 6.07) is 6.41. The molecular formula is C14H18N4O4. The Hall–Kier alpha value is -2.03. The van der Waals surface area contributed by atoms with Crippen LogP contribution in [0.1, 0.15) is 30.9 Å². The fraction of sp³-hybridized carbons (Fsp3) is 0.500. The molecule has 3 atom stereocenters. The van der Waals surface area contributed by atoms with E-state index in [2.05, 4.69) is 16.2 Å². The van der Waals surface area contributed by atoms with Gasteiger partial charge in [-0.05, 0) is 18.4 Å². The van der Waals surface area contributed by atoms with Crippen molar-refractivity contribution in [3.63, 3.8) is 0 Å². The third kappa shape index (κ3) is 3.24. The number of carbonyl (C=O) groups excluding carboxylic acids is 1. The molecule has 0 saturated carbocycles. The first-order chi connectivity index (χ1) is 10.6. The molecule has 0 spiro atoms. The number of rotatable bonds is 4. The van der Waals surface area contributed by atoms with E-state index in [4.69, 9.17) is 4.74 Å². The van der Waals surface area contributed by atoms with Crippen LogP contribution in [-0.4, -0.2) is 29.7 Å². The number of hydrazine groups is 1. The molecular weight excluding hydrogens is 288 g/mol. The summed E-state index contributed by atoms with van der Waals surface area (Å²) >= 11 is 0. The van der Waals surface area contributed by atoms with Gasteiger partial charge in [-0.15, -0.1) is 0 Å². The Labute approximate surface area is 127 Å². The first-order valence-corrected chi connectivity index (χ1v) is 7.31. The Kier molecular flexibility index (Phi) is 4.32. The Bertz CT molecular complexity index is 574. The average molecular weight is 306 g/mol. The highest BCUT2D eigenvalue weighted by molar-refractivity contribution is 5.81. The van der Waals surface area contributed by atoms with E-state index in [0.29, 0.717) is 13.0 Å². The highest BCUT2D eigenvalue weighted by Gasteiger charge is 2.30. The number of ether oxygens (including phenoxy) is 1. The van der Waals surface area contributed by atoms with E-state index in [1.165, 1.54) is 6.07 Å². The van der Waals surface area contributed by atoms with E-state index < -0.39 is 4.92 Å². The molecule has 8 nitrogen and oxygen atoms in total. The van der Waals surface area contributed by atoms with Gasteiger partial charge in [0, 0.05) is 31.2 Å². The predicted octanol–water partition coefficient (Wildman–Crippen LogP) is 0.755. The molecule has 2 heterocycles. The van der Waals surface area contributed by atoms with Crippen LogP contribution in [0.15, 0.2) is 24.3 Å². The van der Waals surface area contributed by atoms with Crippen molar-refractivity contribution in [1.29, 1.82) is 0 Å². The molecule has 0 aliphatic carbocycles. The van der Waals surface area contributed by atoms with E-state index in [9.17, 15) is 14.9 Å². The highest BCUT2D eigenvalue weighted by atomic mass is 16.6. The van der Waals surface area contributed by atoms with Gasteiger partial charge in [-0.3, -0.25) is 14.9 Å². The molecule has 1 aromatic carbocycles. The van der Waals surface area contributed by atoms with Crippen molar-refractivity contribution in [3.05, 3.63) is 39.9 Å². The quantitative estimate of drug-likeness (QED) is 0.560. The van der Waals surface area contributed by atoms with Crippen molar-refractivity contribution in [1.82, 2.24) is 16.2 Å². The van der Waals surface area contributed by atoms with Gasteiger partial charge in [-0.2, -0.15) is 0 Å². The minimum atomic E-state index is -0.414. The Morgan fingerprint density at radius 1 is 1.41 bits per heavy atom. The van der Waals surface area contributed by atoms with Gasteiger partial charge in [0.2, 0.25) is 5.91 Å². The lowest BCUT2D eigenvalue weighted by Gasteiger charge is -2.15. The van der Waals surface area contributed by atoms with Gasteiger partial charge in [0.25, 0.3) is 5.69 Å². The molecule has 2 fully saturated rings. The van der Waals surface area contributed by atoms with Crippen molar-refractivity contribution >= 4 is 11.6 Å². The van der Waals surface area contributed by atoms with Gasteiger partial charge in [0.15, 0.2) is 0 Å². The summed E-state index contributed by atoms with van der Waals surface area (Å²) in [4.78, 5) is 22.4. The highest BCUT2D eigenvalue weighted by Crippen LogP contribution is 2.25. The Balaban J connectivity index is 1.58. The lowest BCUT2D eigenvalue weighted by Crippen LogP contribution is -2.47. The van der Waals surface area contributed by atoms with Gasteiger partial charge in [-0.25, -0.2) is 10.9 Å². The predicted molar refractivity (Wildman–Crippen MR) is 77.6 cm³/mol. The van der Waals surface area contributed by atoms with Crippen LogP contribution in [0, 0.1) is 10.1 Å². The third-order valence-corrected chi connectivity index (χ3v) is 3.93. The van der Waals surface area contributed by atoms with Gasteiger partial charge in [-0.1, -0.05) is 12.1 Å². The van der Waals surface area contributed by atoms with Crippen molar-refractivity contribution in [2.45, 2.75) is 37.6 Å². The second-order valence-electron chi connectivity index (χ2n) is 5.49. The first-order valence-electron chi connectivity index (χ1n) is 7.31. The van der Waals surface area contributed by atoms with Crippen molar-refractivity contribution in [2.24, 2.45) is 0 Å². The molecule has 1 aromatic rings. The molecule has 22 heavy (non-hydrogen) atoms. The number of nitro benzene ring substituents is 1. The zero-order chi connectivity index (χ0) is 15.5. The molecule has 8 heteroatoms. The molecule has 2 saturated heterocycles. The zero-order valence-corrected chi connectivity index (χ0v) is 12.0. The van der Waals surface area contributed by atoms with Crippen LogP contribution in [0.5, 0.6) is 0 Å². The van der Waals surface area contributed by atoms with Crippen LogP contribution >= 0.6 is 0 Å². The van der Waals surface area contributed by atoms with E-state index in [1.54, 1.807) is 12.1 Å². The molecule has 1 amide bonds. The molecule has 0 aromatic heterocycles. The summed E-state index contributed by atoms with van der Waals surface area (Å²) in [5.74, 6) is -0.114. The number of non-ortho nitro benzene ring substituents is 1. The fourth-order valence-corrected chi connectivity index (χ4v) is 2.77. The summed E-state index contributed by atoms with van der Waals surface area (Å²) in [5, 5.41) is 13.7. The molecule has 3 rings (SSSR count). The summed E-state index contributed by atoms with van der Waals surface area (Å²) in [6.45, 7) is 0.630. The molecule has 0 bridgehead atoms. The van der Waals surface area contributed by atoms with E-state index >= 15 is 0 Å². The van der Waals surface area contributed by atoms with E-state index in [-0.39, 0.29) is 29.9 Å². The largest absolute Gasteiger partial charge is 0.368 e. The third-order valence-electron chi connectivity index (χ3n) is 3.93. The normalized spacial score (nSPS) is 27.7. The van der Waals surface area contributed by atoms with Crippen LogP contribution in [0.25, 0.3) is 0 Å². The Morgan fingerprint density at radius 3 is 3.00 bits per heavy atom. The maximum atomic E-state index is 12.0. The number of carbonyl (C=O) groups is 1. The SMILES string of the molecule is O=C(NC1CC(c2cccc([N+](=O)[O-])c2)NN1)C1CCCO1. The van der Waals surface area contributed by atoms with Gasteiger partial charge >= 0.3 is 0 Å².